The highest BCUT2D eigenvalue weighted by molar-refractivity contribution is 7.08. The van der Waals surface area contributed by atoms with E-state index in [0.717, 1.165) is 35.8 Å². The summed E-state index contributed by atoms with van der Waals surface area (Å²) in [5.41, 5.74) is 4.35. The maximum absolute atomic E-state index is 5.83. The van der Waals surface area contributed by atoms with Crippen molar-refractivity contribution >= 4 is 11.3 Å². The molecule has 0 spiro atoms. The van der Waals surface area contributed by atoms with Crippen molar-refractivity contribution < 1.29 is 4.42 Å². The number of rotatable bonds is 6. The minimum Gasteiger partial charge on any atom is -0.441 e. The summed E-state index contributed by atoms with van der Waals surface area (Å²) in [6.07, 6.45) is 3.73. The Labute approximate surface area is 156 Å². The lowest BCUT2D eigenvalue weighted by Gasteiger charge is -2.15. The van der Waals surface area contributed by atoms with Gasteiger partial charge >= 0.3 is 0 Å². The van der Waals surface area contributed by atoms with Gasteiger partial charge in [0.1, 0.15) is 5.76 Å². The summed E-state index contributed by atoms with van der Waals surface area (Å²) < 4.78 is 7.69. The number of hydrogen-bond donors (Lipinski definition) is 0. The summed E-state index contributed by atoms with van der Waals surface area (Å²) in [4.78, 5) is 6.91. The Morgan fingerprint density at radius 3 is 2.69 bits per heavy atom. The van der Waals surface area contributed by atoms with E-state index in [-0.39, 0.29) is 0 Å². The van der Waals surface area contributed by atoms with Crippen LogP contribution in [0.3, 0.4) is 0 Å². The largest absolute Gasteiger partial charge is 0.441 e. The first-order valence-corrected chi connectivity index (χ1v) is 9.40. The molecule has 3 aromatic heterocycles. The number of benzene rings is 1. The molecule has 0 N–H and O–H groups in total. The van der Waals surface area contributed by atoms with Crippen molar-refractivity contribution in [3.63, 3.8) is 0 Å². The van der Waals surface area contributed by atoms with E-state index in [4.69, 9.17) is 4.42 Å². The fraction of sp³-hybridized carbons (Fsp3) is 0.200. The van der Waals surface area contributed by atoms with E-state index in [1.807, 2.05) is 35.3 Å². The highest BCUT2D eigenvalue weighted by Crippen LogP contribution is 2.24. The molecule has 1 aromatic carbocycles. The Bertz CT molecular complexity index is 956. The van der Waals surface area contributed by atoms with Crippen LogP contribution >= 0.6 is 11.3 Å². The molecule has 5 nitrogen and oxygen atoms in total. The average Bonchev–Trinajstić information content (AvgIpc) is 3.38. The van der Waals surface area contributed by atoms with E-state index in [2.05, 4.69) is 51.7 Å². The lowest BCUT2D eigenvalue weighted by molar-refractivity contribution is 0.313. The van der Waals surface area contributed by atoms with Gasteiger partial charge in [-0.3, -0.25) is 4.90 Å². The standard InChI is InChI=1S/C20H20N4OS/c1-15-19(22-20(25-15)17-8-11-26-14-17)13-23(2)12-16-4-6-18(7-5-16)24-10-3-9-21-24/h3-11,14H,12-13H2,1-2H3. The third-order valence-corrected chi connectivity index (χ3v) is 4.92. The zero-order chi connectivity index (χ0) is 17.9. The van der Waals surface area contributed by atoms with Crippen LogP contribution in [0.1, 0.15) is 17.0 Å². The monoisotopic (exact) mass is 364 g/mol. The molecule has 6 heteroatoms. The first kappa shape index (κ1) is 16.8. The smallest absolute Gasteiger partial charge is 0.227 e. The molecule has 0 unspecified atom stereocenters. The van der Waals surface area contributed by atoms with Gasteiger partial charge in [0.2, 0.25) is 5.89 Å². The number of oxazole rings is 1. The van der Waals surface area contributed by atoms with Gasteiger partial charge in [0.15, 0.2) is 0 Å². The van der Waals surface area contributed by atoms with Crippen LogP contribution in [0.4, 0.5) is 0 Å². The molecule has 0 aliphatic rings. The third-order valence-electron chi connectivity index (χ3n) is 4.24. The number of aryl methyl sites for hydroxylation is 1. The quantitative estimate of drug-likeness (QED) is 0.504. The van der Waals surface area contributed by atoms with Crippen LogP contribution in [-0.2, 0) is 13.1 Å². The Balaban J connectivity index is 1.42. The predicted octanol–water partition coefficient (Wildman–Crippen LogP) is 4.53. The molecule has 0 saturated heterocycles. The van der Waals surface area contributed by atoms with Gasteiger partial charge in [-0.25, -0.2) is 9.67 Å². The van der Waals surface area contributed by atoms with Crippen LogP contribution in [0.2, 0.25) is 0 Å². The van der Waals surface area contributed by atoms with Gasteiger partial charge in [0.05, 0.1) is 11.4 Å². The fourth-order valence-electron chi connectivity index (χ4n) is 2.88. The minimum atomic E-state index is 0.704. The molecule has 0 saturated carbocycles. The first-order chi connectivity index (χ1) is 12.7. The van der Waals surface area contributed by atoms with Crippen molar-refractivity contribution in [1.29, 1.82) is 0 Å². The molecule has 3 heterocycles. The Morgan fingerprint density at radius 1 is 1.15 bits per heavy atom. The second-order valence-corrected chi connectivity index (χ2v) is 7.10. The van der Waals surface area contributed by atoms with Crippen LogP contribution < -0.4 is 0 Å². The zero-order valence-electron chi connectivity index (χ0n) is 14.8. The average molecular weight is 364 g/mol. The SMILES string of the molecule is Cc1oc(-c2ccsc2)nc1CN(C)Cc1ccc(-n2cccn2)cc1. The molecule has 4 aromatic rings. The number of hydrogen-bond acceptors (Lipinski definition) is 5. The minimum absolute atomic E-state index is 0.704. The Morgan fingerprint density at radius 2 is 2.00 bits per heavy atom. The number of thiophene rings is 1. The van der Waals surface area contributed by atoms with Gasteiger partial charge in [-0.15, -0.1) is 0 Å². The molecular formula is C20H20N4OS. The summed E-state index contributed by atoms with van der Waals surface area (Å²) in [6, 6.07) is 12.4. The summed E-state index contributed by atoms with van der Waals surface area (Å²) in [6.45, 7) is 3.57. The number of nitrogens with zero attached hydrogens (tertiary/aromatic N) is 4. The maximum Gasteiger partial charge on any atom is 0.227 e. The maximum atomic E-state index is 5.83. The van der Waals surface area contributed by atoms with Gasteiger partial charge in [0.25, 0.3) is 0 Å². The van der Waals surface area contributed by atoms with Crippen LogP contribution in [0.15, 0.2) is 64.0 Å². The van der Waals surface area contributed by atoms with Crippen LogP contribution in [0, 0.1) is 6.92 Å². The summed E-state index contributed by atoms with van der Waals surface area (Å²) in [5.74, 6) is 1.59. The molecule has 0 bridgehead atoms. The summed E-state index contributed by atoms with van der Waals surface area (Å²) in [5, 5.41) is 8.35. The van der Waals surface area contributed by atoms with Crippen molar-refractivity contribution in [3.8, 4) is 17.1 Å². The van der Waals surface area contributed by atoms with Gasteiger partial charge in [-0.05, 0) is 49.2 Å². The molecule has 132 valence electrons. The molecule has 0 radical (unpaired) electrons. The normalized spacial score (nSPS) is 11.3. The van der Waals surface area contributed by atoms with Gasteiger partial charge in [0, 0.05) is 36.4 Å². The van der Waals surface area contributed by atoms with E-state index in [1.165, 1.54) is 5.56 Å². The lowest BCUT2D eigenvalue weighted by Crippen LogP contribution is -2.18. The Kier molecular flexibility index (Phi) is 4.69. The van der Waals surface area contributed by atoms with E-state index in [1.54, 1.807) is 17.5 Å². The zero-order valence-corrected chi connectivity index (χ0v) is 15.6. The first-order valence-electron chi connectivity index (χ1n) is 8.45. The molecule has 4 rings (SSSR count). The van der Waals surface area contributed by atoms with E-state index < -0.39 is 0 Å². The highest BCUT2D eigenvalue weighted by atomic mass is 32.1. The van der Waals surface area contributed by atoms with Gasteiger partial charge < -0.3 is 4.42 Å². The second kappa shape index (κ2) is 7.27. The fourth-order valence-corrected chi connectivity index (χ4v) is 3.51. The van der Waals surface area contributed by atoms with E-state index >= 15 is 0 Å². The molecule has 0 fully saturated rings. The van der Waals surface area contributed by atoms with E-state index in [9.17, 15) is 0 Å². The van der Waals surface area contributed by atoms with Crippen molar-refractivity contribution in [2.75, 3.05) is 7.05 Å². The van der Waals surface area contributed by atoms with Crippen molar-refractivity contribution in [3.05, 3.63) is 76.6 Å². The van der Waals surface area contributed by atoms with Crippen molar-refractivity contribution in [1.82, 2.24) is 19.7 Å². The van der Waals surface area contributed by atoms with Crippen LogP contribution in [0.25, 0.3) is 17.1 Å². The summed E-state index contributed by atoms with van der Waals surface area (Å²) in [7, 11) is 2.10. The molecule has 0 aliphatic carbocycles. The predicted molar refractivity (Wildman–Crippen MR) is 103 cm³/mol. The van der Waals surface area contributed by atoms with Gasteiger partial charge in [-0.2, -0.15) is 16.4 Å². The molecule has 0 amide bonds. The van der Waals surface area contributed by atoms with E-state index in [0.29, 0.717) is 5.89 Å². The van der Waals surface area contributed by atoms with Crippen LogP contribution in [-0.4, -0.2) is 26.7 Å². The third kappa shape index (κ3) is 3.61. The van der Waals surface area contributed by atoms with Crippen LogP contribution in [0.5, 0.6) is 0 Å². The van der Waals surface area contributed by atoms with Crippen molar-refractivity contribution in [2.45, 2.75) is 20.0 Å². The highest BCUT2D eigenvalue weighted by Gasteiger charge is 2.13. The second-order valence-electron chi connectivity index (χ2n) is 6.32. The molecule has 0 aliphatic heterocycles. The molecule has 26 heavy (non-hydrogen) atoms. The Hall–Kier alpha value is -2.70. The van der Waals surface area contributed by atoms with Crippen molar-refractivity contribution in [2.24, 2.45) is 0 Å². The topological polar surface area (TPSA) is 47.1 Å². The number of aromatic nitrogens is 3. The van der Waals surface area contributed by atoms with Gasteiger partial charge in [-0.1, -0.05) is 12.1 Å². The summed E-state index contributed by atoms with van der Waals surface area (Å²) >= 11 is 1.65. The lowest BCUT2D eigenvalue weighted by atomic mass is 10.2. The molecular weight excluding hydrogens is 344 g/mol. The molecule has 0 atom stereocenters.